The number of para-hydroxylation sites is 1. The monoisotopic (exact) mass is 594 g/mol. The molecule has 1 unspecified atom stereocenters. The molecule has 0 radical (unpaired) electrons. The fourth-order valence-corrected chi connectivity index (χ4v) is 4.69. The highest BCUT2D eigenvalue weighted by atomic mass is 35.5. The van der Waals surface area contributed by atoms with Crippen LogP contribution < -0.4 is 21.3 Å². The first kappa shape index (κ1) is 33.1. The normalized spacial score (nSPS) is 13.0. The molecule has 0 bridgehead atoms. The van der Waals surface area contributed by atoms with Gasteiger partial charge in [0.1, 0.15) is 11.8 Å². The van der Waals surface area contributed by atoms with Gasteiger partial charge in [-0.05, 0) is 56.0 Å². The summed E-state index contributed by atoms with van der Waals surface area (Å²) in [4.78, 5) is 37.5. The molecule has 0 aromatic heterocycles. The highest BCUT2D eigenvalue weighted by molar-refractivity contribution is 6.40. The standard InChI is InChI=1S/C28H36Cl2N4O6/c1-4-18-14-21(29)24(27(38)34-22(28(39)40)15-33-17(3)31-11-12-35)25(30)20(18)9-10-32-26(37)16(2)13-19-7-5-6-8-23(19)36/h5-8,13-14,17,22,31,33,35-36H,4,9-12,15H2,1-3H3,(H,32,37)(H,34,38)(H,39,40)/b16-13+/t17?,22-/m0/s1. The number of rotatable bonds is 15. The highest BCUT2D eigenvalue weighted by Crippen LogP contribution is 2.32. The van der Waals surface area contributed by atoms with Gasteiger partial charge in [0.25, 0.3) is 5.91 Å². The maximum absolute atomic E-state index is 13.1. The molecule has 0 spiro atoms. The molecule has 0 fully saturated rings. The van der Waals surface area contributed by atoms with Gasteiger partial charge in [0, 0.05) is 30.8 Å². The number of nitrogens with one attached hydrogen (secondary N) is 4. The molecule has 2 rings (SSSR count). The molecular weight excluding hydrogens is 559 g/mol. The number of carboxylic acids is 1. The van der Waals surface area contributed by atoms with Crippen LogP contribution in [0.4, 0.5) is 0 Å². The van der Waals surface area contributed by atoms with Gasteiger partial charge >= 0.3 is 5.97 Å². The molecule has 0 saturated heterocycles. The molecule has 0 aliphatic carbocycles. The first-order chi connectivity index (χ1) is 19.0. The molecule has 0 aliphatic rings. The number of carbonyl (C=O) groups is 3. The van der Waals surface area contributed by atoms with Crippen LogP contribution in [-0.4, -0.2) is 71.6 Å². The molecule has 7 N–H and O–H groups in total. The molecule has 10 nitrogen and oxygen atoms in total. The zero-order chi connectivity index (χ0) is 29.8. The number of aliphatic carboxylic acids is 1. The molecule has 2 atom stereocenters. The van der Waals surface area contributed by atoms with Crippen molar-refractivity contribution in [3.63, 3.8) is 0 Å². The number of carboxylic acid groups (broad SMARTS) is 1. The van der Waals surface area contributed by atoms with Gasteiger partial charge < -0.3 is 26.0 Å². The number of benzene rings is 2. The van der Waals surface area contributed by atoms with E-state index in [4.69, 9.17) is 28.3 Å². The van der Waals surface area contributed by atoms with E-state index in [2.05, 4.69) is 21.3 Å². The quantitative estimate of drug-likeness (QED) is 0.122. The third-order valence-corrected chi connectivity index (χ3v) is 6.86. The third kappa shape index (κ3) is 9.50. The van der Waals surface area contributed by atoms with Crippen LogP contribution >= 0.6 is 23.2 Å². The van der Waals surface area contributed by atoms with Crippen LogP contribution in [0.25, 0.3) is 6.08 Å². The van der Waals surface area contributed by atoms with Gasteiger partial charge in [-0.1, -0.05) is 48.3 Å². The molecule has 0 aliphatic heterocycles. The molecule has 2 aromatic carbocycles. The summed E-state index contributed by atoms with van der Waals surface area (Å²) >= 11 is 13.1. The molecule has 0 heterocycles. The summed E-state index contributed by atoms with van der Waals surface area (Å²) in [6.45, 7) is 5.66. The number of halogens is 2. The van der Waals surface area contributed by atoms with Crippen molar-refractivity contribution >= 4 is 47.1 Å². The van der Waals surface area contributed by atoms with Crippen molar-refractivity contribution < 1.29 is 29.7 Å². The minimum Gasteiger partial charge on any atom is -0.507 e. The van der Waals surface area contributed by atoms with Gasteiger partial charge in [0.15, 0.2) is 0 Å². The number of phenols is 1. The third-order valence-electron chi connectivity index (χ3n) is 6.14. The molecular formula is C28H36Cl2N4O6. The van der Waals surface area contributed by atoms with Crippen molar-refractivity contribution in [3.8, 4) is 5.75 Å². The van der Waals surface area contributed by atoms with Crippen molar-refractivity contribution in [2.24, 2.45) is 0 Å². The number of carbonyl (C=O) groups excluding carboxylic acids is 2. The van der Waals surface area contributed by atoms with Gasteiger partial charge in [0.05, 0.1) is 28.4 Å². The fourth-order valence-electron chi connectivity index (χ4n) is 3.93. The van der Waals surface area contributed by atoms with E-state index < -0.39 is 17.9 Å². The number of aliphatic hydroxyl groups is 1. The average molecular weight is 596 g/mol. The van der Waals surface area contributed by atoms with Crippen molar-refractivity contribution in [1.82, 2.24) is 21.3 Å². The van der Waals surface area contributed by atoms with E-state index in [1.54, 1.807) is 44.2 Å². The Labute approximate surface area is 243 Å². The lowest BCUT2D eigenvalue weighted by molar-refractivity contribution is -0.139. The lowest BCUT2D eigenvalue weighted by Crippen LogP contribution is -2.51. The van der Waals surface area contributed by atoms with E-state index >= 15 is 0 Å². The number of aryl methyl sites for hydroxylation is 1. The number of hydrogen-bond acceptors (Lipinski definition) is 7. The Morgan fingerprint density at radius 2 is 1.80 bits per heavy atom. The Morgan fingerprint density at radius 1 is 1.10 bits per heavy atom. The Bertz CT molecular complexity index is 1240. The van der Waals surface area contributed by atoms with Crippen LogP contribution in [0.3, 0.4) is 0 Å². The largest absolute Gasteiger partial charge is 0.507 e. The second kappa shape index (κ2) is 16.2. The predicted octanol–water partition coefficient (Wildman–Crippen LogP) is 2.72. The first-order valence-corrected chi connectivity index (χ1v) is 13.6. The fraction of sp³-hybridized carbons (Fsp3) is 0.393. The lowest BCUT2D eigenvalue weighted by atomic mass is 9.98. The summed E-state index contributed by atoms with van der Waals surface area (Å²) in [5.74, 6) is -2.25. The Balaban J connectivity index is 2.15. The van der Waals surface area contributed by atoms with E-state index in [1.165, 1.54) is 6.07 Å². The van der Waals surface area contributed by atoms with Gasteiger partial charge in [-0.2, -0.15) is 0 Å². The van der Waals surface area contributed by atoms with Gasteiger partial charge in [-0.25, -0.2) is 4.79 Å². The van der Waals surface area contributed by atoms with E-state index in [1.807, 2.05) is 6.92 Å². The van der Waals surface area contributed by atoms with Crippen molar-refractivity contribution in [2.75, 3.05) is 26.2 Å². The first-order valence-electron chi connectivity index (χ1n) is 12.9. The SMILES string of the molecule is CCc1cc(Cl)c(C(=O)N[C@@H](CNC(C)NCCO)C(=O)O)c(Cl)c1CCNC(=O)/C(C)=C/c1ccccc1O. The van der Waals surface area contributed by atoms with Crippen LogP contribution in [0, 0.1) is 0 Å². The summed E-state index contributed by atoms with van der Waals surface area (Å²) < 4.78 is 0. The molecule has 2 aromatic rings. The maximum atomic E-state index is 13.1. The zero-order valence-corrected chi connectivity index (χ0v) is 24.2. The van der Waals surface area contributed by atoms with Crippen LogP contribution in [0.15, 0.2) is 35.9 Å². The Kier molecular flexibility index (Phi) is 13.4. The second-order valence-corrected chi connectivity index (χ2v) is 9.89. The summed E-state index contributed by atoms with van der Waals surface area (Å²) in [5, 5.41) is 39.8. The van der Waals surface area contributed by atoms with Crippen molar-refractivity contribution in [3.05, 3.63) is 68.2 Å². The van der Waals surface area contributed by atoms with Gasteiger partial charge in [-0.15, -0.1) is 0 Å². The van der Waals surface area contributed by atoms with Gasteiger partial charge in [-0.3, -0.25) is 20.2 Å². The molecule has 40 heavy (non-hydrogen) atoms. The predicted molar refractivity (Wildman–Crippen MR) is 156 cm³/mol. The lowest BCUT2D eigenvalue weighted by Gasteiger charge is -2.21. The minimum absolute atomic E-state index is 0.0461. The summed E-state index contributed by atoms with van der Waals surface area (Å²) in [6.07, 6.45) is 2.14. The van der Waals surface area contributed by atoms with Crippen LogP contribution in [0.5, 0.6) is 5.75 Å². The number of phenolic OH excluding ortho intramolecular Hbond substituents is 1. The van der Waals surface area contributed by atoms with E-state index in [0.29, 0.717) is 36.1 Å². The Morgan fingerprint density at radius 3 is 2.42 bits per heavy atom. The van der Waals surface area contributed by atoms with E-state index in [0.717, 1.165) is 5.56 Å². The maximum Gasteiger partial charge on any atom is 0.327 e. The molecule has 2 amide bonds. The van der Waals surface area contributed by atoms with Crippen LogP contribution in [0.2, 0.25) is 10.0 Å². The minimum atomic E-state index is -1.27. The molecule has 12 heteroatoms. The van der Waals surface area contributed by atoms with Crippen molar-refractivity contribution in [2.45, 2.75) is 45.8 Å². The number of hydrogen-bond donors (Lipinski definition) is 7. The topological polar surface area (TPSA) is 160 Å². The summed E-state index contributed by atoms with van der Waals surface area (Å²) in [7, 11) is 0. The summed E-state index contributed by atoms with van der Waals surface area (Å²) in [5.41, 5.74) is 2.28. The average Bonchev–Trinajstić information content (AvgIpc) is 2.91. The Hall–Kier alpha value is -3.15. The summed E-state index contributed by atoms with van der Waals surface area (Å²) in [6, 6.07) is 7.02. The van der Waals surface area contributed by atoms with Crippen LogP contribution in [-0.2, 0) is 22.4 Å². The van der Waals surface area contributed by atoms with Crippen LogP contribution in [0.1, 0.15) is 47.8 Å². The zero-order valence-electron chi connectivity index (χ0n) is 22.7. The number of aliphatic hydroxyl groups excluding tert-OH is 1. The van der Waals surface area contributed by atoms with Gasteiger partial charge in [0.2, 0.25) is 5.91 Å². The number of amides is 2. The highest BCUT2D eigenvalue weighted by Gasteiger charge is 2.26. The van der Waals surface area contributed by atoms with E-state index in [-0.39, 0.29) is 53.1 Å². The molecule has 0 saturated carbocycles. The van der Waals surface area contributed by atoms with Crippen molar-refractivity contribution in [1.29, 1.82) is 0 Å². The van der Waals surface area contributed by atoms with E-state index in [9.17, 15) is 24.6 Å². The second-order valence-electron chi connectivity index (χ2n) is 9.10. The number of aromatic hydroxyl groups is 1. The molecule has 218 valence electrons. The smallest absolute Gasteiger partial charge is 0.327 e.